The molecule has 2 rings (SSSR count). The molecule has 0 atom stereocenters. The van der Waals surface area contributed by atoms with Crippen molar-refractivity contribution in [2.24, 2.45) is 0 Å². The summed E-state index contributed by atoms with van der Waals surface area (Å²) in [6.45, 7) is 9.49. The molecular weight excluding hydrogens is 228 g/mol. The molecule has 0 bridgehead atoms. The summed E-state index contributed by atoms with van der Waals surface area (Å²) in [5.74, 6) is 0. The van der Waals surface area contributed by atoms with E-state index >= 15 is 0 Å². The summed E-state index contributed by atoms with van der Waals surface area (Å²) in [4.78, 5) is 2.86. The highest BCUT2D eigenvalue weighted by Gasteiger charge is 2.01. The lowest BCUT2D eigenvalue weighted by Gasteiger charge is -2.00. The number of rotatable bonds is 5. The third-order valence-corrected chi connectivity index (χ3v) is 4.17. The van der Waals surface area contributed by atoms with Crippen molar-refractivity contribution in [2.75, 3.05) is 0 Å². The van der Waals surface area contributed by atoms with E-state index in [2.05, 4.69) is 55.2 Å². The van der Waals surface area contributed by atoms with Crippen LogP contribution in [0.2, 0.25) is 0 Å². The zero-order valence-electron chi connectivity index (χ0n) is 10.8. The summed E-state index contributed by atoms with van der Waals surface area (Å²) in [5, 5.41) is 3.49. The van der Waals surface area contributed by atoms with Crippen LogP contribution in [0, 0.1) is 13.8 Å². The van der Waals surface area contributed by atoms with Gasteiger partial charge in [0.05, 0.1) is 0 Å². The van der Waals surface area contributed by atoms with Crippen molar-refractivity contribution in [3.8, 4) is 0 Å². The molecule has 3 heteroatoms. The van der Waals surface area contributed by atoms with Crippen LogP contribution in [0.1, 0.15) is 27.8 Å². The molecule has 0 fully saturated rings. The number of hydrogen-bond donors (Lipinski definition) is 1. The Balaban J connectivity index is 1.83. The van der Waals surface area contributed by atoms with Gasteiger partial charge in [-0.2, -0.15) is 0 Å². The molecule has 2 aromatic rings. The van der Waals surface area contributed by atoms with E-state index in [1.807, 2.05) is 11.3 Å². The molecule has 2 aromatic heterocycles. The van der Waals surface area contributed by atoms with Gasteiger partial charge in [-0.15, -0.1) is 11.3 Å². The zero-order chi connectivity index (χ0) is 12.3. The third kappa shape index (κ3) is 3.20. The molecular formula is C14H20N2S. The molecule has 0 radical (unpaired) electrons. The van der Waals surface area contributed by atoms with Gasteiger partial charge in [-0.05, 0) is 44.0 Å². The molecule has 0 aromatic carbocycles. The molecule has 1 N–H and O–H groups in total. The predicted octanol–water partition coefficient (Wildman–Crippen LogP) is 3.48. The molecule has 2 heterocycles. The van der Waals surface area contributed by atoms with E-state index in [-0.39, 0.29) is 0 Å². The normalized spacial score (nSPS) is 11.0. The van der Waals surface area contributed by atoms with Crippen LogP contribution in [0.3, 0.4) is 0 Å². The summed E-state index contributed by atoms with van der Waals surface area (Å²) in [6.07, 6.45) is 4.34. The second-order valence-corrected chi connectivity index (χ2v) is 5.75. The second kappa shape index (κ2) is 5.52. The van der Waals surface area contributed by atoms with Gasteiger partial charge >= 0.3 is 0 Å². The molecule has 0 saturated heterocycles. The molecule has 92 valence electrons. The first-order valence-corrected chi connectivity index (χ1v) is 6.92. The predicted molar refractivity (Wildman–Crippen MR) is 74.4 cm³/mol. The van der Waals surface area contributed by atoms with Gasteiger partial charge in [-0.1, -0.05) is 0 Å². The fraction of sp³-hybridized carbons (Fsp3) is 0.429. The minimum atomic E-state index is 0.947. The van der Waals surface area contributed by atoms with Gasteiger partial charge in [0.1, 0.15) is 0 Å². The van der Waals surface area contributed by atoms with Crippen molar-refractivity contribution in [3.05, 3.63) is 45.4 Å². The Bertz CT molecular complexity index is 463. The molecule has 0 saturated carbocycles. The van der Waals surface area contributed by atoms with E-state index < -0.39 is 0 Å². The fourth-order valence-electron chi connectivity index (χ4n) is 1.86. The second-order valence-electron chi connectivity index (χ2n) is 4.41. The summed E-state index contributed by atoms with van der Waals surface area (Å²) < 4.78 is 2.20. The Morgan fingerprint density at radius 2 is 2.12 bits per heavy atom. The molecule has 0 aliphatic rings. The van der Waals surface area contributed by atoms with E-state index in [9.17, 15) is 0 Å². The molecule has 2 nitrogen and oxygen atoms in total. The van der Waals surface area contributed by atoms with Gasteiger partial charge in [0.2, 0.25) is 0 Å². The van der Waals surface area contributed by atoms with Gasteiger partial charge in [-0.25, -0.2) is 0 Å². The van der Waals surface area contributed by atoms with Crippen LogP contribution >= 0.6 is 11.3 Å². The van der Waals surface area contributed by atoms with Crippen molar-refractivity contribution in [1.29, 1.82) is 0 Å². The van der Waals surface area contributed by atoms with Crippen LogP contribution in [-0.2, 0) is 19.6 Å². The molecule has 0 aliphatic carbocycles. The van der Waals surface area contributed by atoms with E-state index in [1.165, 1.54) is 20.9 Å². The summed E-state index contributed by atoms with van der Waals surface area (Å²) in [6, 6.07) is 4.46. The SMILES string of the molecule is CCn1ccc(CNCc2cc(C)c(C)s2)c1. The van der Waals surface area contributed by atoms with Crippen LogP contribution in [0.25, 0.3) is 0 Å². The van der Waals surface area contributed by atoms with Gasteiger partial charge in [0, 0.05) is 41.8 Å². The maximum Gasteiger partial charge on any atom is 0.0303 e. The standard InChI is InChI=1S/C14H20N2S/c1-4-16-6-5-13(10-16)8-15-9-14-7-11(2)12(3)17-14/h5-7,10,15H,4,8-9H2,1-3H3. The highest BCUT2D eigenvalue weighted by Crippen LogP contribution is 2.20. The van der Waals surface area contributed by atoms with Crippen molar-refractivity contribution in [2.45, 2.75) is 40.4 Å². The average molecular weight is 248 g/mol. The first kappa shape index (κ1) is 12.4. The number of aryl methyl sites for hydroxylation is 3. The number of aromatic nitrogens is 1. The topological polar surface area (TPSA) is 17.0 Å². The van der Waals surface area contributed by atoms with Crippen LogP contribution in [-0.4, -0.2) is 4.57 Å². The molecule has 17 heavy (non-hydrogen) atoms. The minimum absolute atomic E-state index is 0.947. The van der Waals surface area contributed by atoms with Gasteiger partial charge in [-0.3, -0.25) is 0 Å². The Morgan fingerprint density at radius 3 is 2.71 bits per heavy atom. The monoisotopic (exact) mass is 248 g/mol. The smallest absolute Gasteiger partial charge is 0.0303 e. The minimum Gasteiger partial charge on any atom is -0.354 e. The Morgan fingerprint density at radius 1 is 1.29 bits per heavy atom. The van der Waals surface area contributed by atoms with Gasteiger partial charge < -0.3 is 9.88 Å². The molecule has 0 unspecified atom stereocenters. The van der Waals surface area contributed by atoms with Crippen LogP contribution in [0.5, 0.6) is 0 Å². The van der Waals surface area contributed by atoms with Gasteiger partial charge in [0.15, 0.2) is 0 Å². The van der Waals surface area contributed by atoms with E-state index in [0.29, 0.717) is 0 Å². The highest BCUT2D eigenvalue weighted by atomic mass is 32.1. The lowest BCUT2D eigenvalue weighted by molar-refractivity contribution is 0.695. The maximum atomic E-state index is 3.49. The Kier molecular flexibility index (Phi) is 4.02. The van der Waals surface area contributed by atoms with Crippen LogP contribution < -0.4 is 5.32 Å². The molecule has 0 spiro atoms. The van der Waals surface area contributed by atoms with Crippen molar-refractivity contribution in [1.82, 2.24) is 9.88 Å². The van der Waals surface area contributed by atoms with E-state index in [0.717, 1.165) is 19.6 Å². The quantitative estimate of drug-likeness (QED) is 0.857. The molecule has 0 amide bonds. The summed E-state index contributed by atoms with van der Waals surface area (Å²) in [5.41, 5.74) is 2.76. The largest absolute Gasteiger partial charge is 0.354 e. The van der Waals surface area contributed by atoms with Crippen molar-refractivity contribution in [3.63, 3.8) is 0 Å². The lowest BCUT2D eigenvalue weighted by Crippen LogP contribution is -2.11. The highest BCUT2D eigenvalue weighted by molar-refractivity contribution is 7.12. The summed E-state index contributed by atoms with van der Waals surface area (Å²) >= 11 is 1.89. The van der Waals surface area contributed by atoms with Gasteiger partial charge in [0.25, 0.3) is 0 Å². The fourth-order valence-corrected chi connectivity index (χ4v) is 2.88. The first-order chi connectivity index (χ1) is 8.19. The first-order valence-electron chi connectivity index (χ1n) is 6.10. The van der Waals surface area contributed by atoms with Crippen molar-refractivity contribution < 1.29 is 0 Å². The molecule has 0 aliphatic heterocycles. The van der Waals surface area contributed by atoms with E-state index in [1.54, 1.807) is 0 Å². The van der Waals surface area contributed by atoms with E-state index in [4.69, 9.17) is 0 Å². The summed E-state index contributed by atoms with van der Waals surface area (Å²) in [7, 11) is 0. The van der Waals surface area contributed by atoms with Crippen molar-refractivity contribution >= 4 is 11.3 Å². The average Bonchev–Trinajstić information content (AvgIpc) is 2.87. The third-order valence-electron chi connectivity index (χ3n) is 3.02. The maximum absolute atomic E-state index is 3.49. The number of hydrogen-bond acceptors (Lipinski definition) is 2. The van der Waals surface area contributed by atoms with Crippen LogP contribution in [0.15, 0.2) is 24.5 Å². The van der Waals surface area contributed by atoms with Crippen LogP contribution in [0.4, 0.5) is 0 Å². The lowest BCUT2D eigenvalue weighted by atomic mass is 10.3. The Hall–Kier alpha value is -1.06. The number of thiophene rings is 1. The zero-order valence-corrected chi connectivity index (χ0v) is 11.6. The number of nitrogens with zero attached hydrogens (tertiary/aromatic N) is 1. The number of nitrogens with one attached hydrogen (secondary N) is 1. The Labute approximate surface area is 107 Å².